The minimum Gasteiger partial charge on any atom is -0.393 e. The van der Waals surface area contributed by atoms with Gasteiger partial charge in [-0.15, -0.1) is 0 Å². The molecular formula is C27H48O5. The molecule has 186 valence electrons. The molecule has 12 atom stereocenters. The fourth-order valence-electron chi connectivity index (χ4n) is 9.22. The van der Waals surface area contributed by atoms with E-state index in [1.807, 2.05) is 0 Å². The second-order valence-electron chi connectivity index (χ2n) is 13.1. The topological polar surface area (TPSA) is 101 Å². The summed E-state index contributed by atoms with van der Waals surface area (Å²) in [5.41, 5.74) is -1.06. The van der Waals surface area contributed by atoms with Crippen LogP contribution < -0.4 is 0 Å². The van der Waals surface area contributed by atoms with Crippen LogP contribution in [0.3, 0.4) is 0 Å². The monoisotopic (exact) mass is 452 g/mol. The van der Waals surface area contributed by atoms with E-state index >= 15 is 0 Å². The van der Waals surface area contributed by atoms with Crippen LogP contribution >= 0.6 is 0 Å². The van der Waals surface area contributed by atoms with Crippen molar-refractivity contribution in [3.63, 3.8) is 0 Å². The van der Waals surface area contributed by atoms with Crippen LogP contribution in [0.25, 0.3) is 0 Å². The highest BCUT2D eigenvalue weighted by Crippen LogP contribution is 2.68. The van der Waals surface area contributed by atoms with Gasteiger partial charge in [0.15, 0.2) is 0 Å². The molecule has 4 fully saturated rings. The minimum absolute atomic E-state index is 0.116. The van der Waals surface area contributed by atoms with Gasteiger partial charge in [0.25, 0.3) is 0 Å². The van der Waals surface area contributed by atoms with Crippen LogP contribution in [-0.4, -0.2) is 56.1 Å². The molecule has 4 aliphatic carbocycles. The van der Waals surface area contributed by atoms with Crippen molar-refractivity contribution in [3.05, 3.63) is 0 Å². The molecule has 4 rings (SSSR count). The van der Waals surface area contributed by atoms with Gasteiger partial charge in [-0.25, -0.2) is 0 Å². The molecule has 0 spiro atoms. The van der Waals surface area contributed by atoms with Gasteiger partial charge in [0.1, 0.15) is 0 Å². The van der Waals surface area contributed by atoms with Gasteiger partial charge < -0.3 is 25.5 Å². The molecule has 0 aliphatic heterocycles. The molecule has 5 N–H and O–H groups in total. The van der Waals surface area contributed by atoms with E-state index in [2.05, 4.69) is 20.8 Å². The summed E-state index contributed by atoms with van der Waals surface area (Å²) in [6.07, 6.45) is 7.96. The van der Waals surface area contributed by atoms with E-state index in [1.54, 1.807) is 6.92 Å². The van der Waals surface area contributed by atoms with Crippen LogP contribution in [0.15, 0.2) is 0 Å². The van der Waals surface area contributed by atoms with Crippen LogP contribution in [0.5, 0.6) is 0 Å². The molecule has 9 unspecified atom stereocenters. The van der Waals surface area contributed by atoms with Crippen LogP contribution in [0.4, 0.5) is 0 Å². The van der Waals surface area contributed by atoms with E-state index in [1.165, 1.54) is 0 Å². The van der Waals surface area contributed by atoms with Gasteiger partial charge in [-0.2, -0.15) is 0 Å². The summed E-state index contributed by atoms with van der Waals surface area (Å²) in [5.74, 6) is 2.17. The molecule has 0 aromatic heterocycles. The van der Waals surface area contributed by atoms with Crippen LogP contribution in [0.1, 0.15) is 91.9 Å². The van der Waals surface area contributed by atoms with Gasteiger partial charge in [0.05, 0.1) is 30.5 Å². The first-order chi connectivity index (χ1) is 14.9. The fraction of sp³-hybridized carbons (Fsp3) is 1.00. The Kier molecular flexibility index (Phi) is 6.84. The number of fused-ring (bicyclic) bond motifs is 5. The number of rotatable bonds is 6. The Hall–Kier alpha value is -0.200. The zero-order valence-corrected chi connectivity index (χ0v) is 20.7. The highest BCUT2D eigenvalue weighted by Gasteiger charge is 2.65. The number of hydrogen-bond acceptors (Lipinski definition) is 5. The molecule has 0 saturated heterocycles. The molecule has 0 aromatic carbocycles. The zero-order valence-electron chi connectivity index (χ0n) is 20.7. The number of aliphatic hydroxyl groups excluding tert-OH is 4. The standard InChI is InChI=1S/C27H48O5/c1-16(6-5-10-25(2,32)15-28)19-7-8-20-24-21(14-23(31)27(19,20)4)26(3)11-9-18(29)12-17(26)13-22(24)30/h16-24,28-32H,5-15H2,1-4H3/t16?,17-,18-,19?,20?,21?,22?,23+,24?,25?,26?,27?/m1/s1. The van der Waals surface area contributed by atoms with Gasteiger partial charge in [-0.1, -0.05) is 33.6 Å². The first-order valence-corrected chi connectivity index (χ1v) is 13.3. The van der Waals surface area contributed by atoms with Gasteiger partial charge in [0, 0.05) is 0 Å². The minimum atomic E-state index is -1.01. The van der Waals surface area contributed by atoms with Crippen LogP contribution in [0, 0.1) is 46.3 Å². The van der Waals surface area contributed by atoms with Crippen molar-refractivity contribution < 1.29 is 25.5 Å². The van der Waals surface area contributed by atoms with Crippen molar-refractivity contribution in [2.24, 2.45) is 46.3 Å². The van der Waals surface area contributed by atoms with E-state index in [0.29, 0.717) is 36.0 Å². The van der Waals surface area contributed by atoms with Crippen molar-refractivity contribution in [1.29, 1.82) is 0 Å². The van der Waals surface area contributed by atoms with Crippen molar-refractivity contribution in [2.45, 2.75) is 116 Å². The quantitative estimate of drug-likeness (QED) is 0.425. The first-order valence-electron chi connectivity index (χ1n) is 13.3. The number of hydrogen-bond donors (Lipinski definition) is 5. The average molecular weight is 453 g/mol. The van der Waals surface area contributed by atoms with E-state index in [9.17, 15) is 25.5 Å². The van der Waals surface area contributed by atoms with E-state index < -0.39 is 5.60 Å². The smallest absolute Gasteiger partial charge is 0.0849 e. The average Bonchev–Trinajstić information content (AvgIpc) is 3.08. The number of aliphatic hydroxyl groups is 5. The normalized spacial score (nSPS) is 51.3. The molecule has 0 bridgehead atoms. The summed E-state index contributed by atoms with van der Waals surface area (Å²) >= 11 is 0. The SMILES string of the molecule is CC(CCCC(C)(O)CO)C1CCC2C3C(O)C[C@H]4C[C@H](O)CCC4(C)C3C[C@H](O)C12C. The third-order valence-electron chi connectivity index (χ3n) is 11.2. The zero-order chi connectivity index (χ0) is 23.5. The van der Waals surface area contributed by atoms with E-state index in [4.69, 9.17) is 0 Å². The van der Waals surface area contributed by atoms with Gasteiger partial charge in [-0.05, 0) is 105 Å². The molecule has 0 radical (unpaired) electrons. The van der Waals surface area contributed by atoms with Crippen molar-refractivity contribution in [2.75, 3.05) is 6.61 Å². The van der Waals surface area contributed by atoms with Gasteiger partial charge in [0.2, 0.25) is 0 Å². The molecular weight excluding hydrogens is 404 g/mol. The second kappa shape index (κ2) is 8.78. The highest BCUT2D eigenvalue weighted by molar-refractivity contribution is 5.14. The van der Waals surface area contributed by atoms with Crippen molar-refractivity contribution in [1.82, 2.24) is 0 Å². The molecule has 5 heteroatoms. The van der Waals surface area contributed by atoms with E-state index in [0.717, 1.165) is 57.8 Å². The lowest BCUT2D eigenvalue weighted by atomic mass is 9.43. The Bertz CT molecular complexity index is 666. The Morgan fingerprint density at radius 3 is 2.41 bits per heavy atom. The fourth-order valence-corrected chi connectivity index (χ4v) is 9.22. The molecule has 4 aliphatic rings. The largest absolute Gasteiger partial charge is 0.393 e. The third-order valence-corrected chi connectivity index (χ3v) is 11.2. The van der Waals surface area contributed by atoms with Crippen LogP contribution in [0.2, 0.25) is 0 Å². The molecule has 0 aromatic rings. The first kappa shape index (κ1) is 24.9. The Morgan fingerprint density at radius 1 is 1.00 bits per heavy atom. The van der Waals surface area contributed by atoms with Crippen LogP contribution in [-0.2, 0) is 0 Å². The molecule has 4 saturated carbocycles. The maximum Gasteiger partial charge on any atom is 0.0849 e. The van der Waals surface area contributed by atoms with E-state index in [-0.39, 0.29) is 41.7 Å². The predicted octanol–water partition coefficient (Wildman–Crippen LogP) is 3.50. The summed E-state index contributed by atoms with van der Waals surface area (Å²) in [5, 5.41) is 52.7. The lowest BCUT2D eigenvalue weighted by molar-refractivity contribution is -0.207. The summed E-state index contributed by atoms with van der Waals surface area (Å²) in [4.78, 5) is 0. The molecule has 32 heavy (non-hydrogen) atoms. The van der Waals surface area contributed by atoms with Crippen molar-refractivity contribution >= 4 is 0 Å². The summed E-state index contributed by atoms with van der Waals surface area (Å²) in [7, 11) is 0. The summed E-state index contributed by atoms with van der Waals surface area (Å²) in [6, 6.07) is 0. The molecule has 5 nitrogen and oxygen atoms in total. The second-order valence-corrected chi connectivity index (χ2v) is 13.1. The maximum absolute atomic E-state index is 11.6. The lowest BCUT2D eigenvalue weighted by Gasteiger charge is -2.63. The third kappa shape index (κ3) is 3.98. The van der Waals surface area contributed by atoms with Gasteiger partial charge in [-0.3, -0.25) is 0 Å². The molecule has 0 heterocycles. The lowest BCUT2D eigenvalue weighted by Crippen LogP contribution is -2.62. The molecule has 0 amide bonds. The predicted molar refractivity (Wildman–Crippen MR) is 125 cm³/mol. The summed E-state index contributed by atoms with van der Waals surface area (Å²) < 4.78 is 0. The Labute approximate surface area is 194 Å². The van der Waals surface area contributed by atoms with Crippen molar-refractivity contribution in [3.8, 4) is 0 Å². The summed E-state index contributed by atoms with van der Waals surface area (Å²) in [6.45, 7) is 8.45. The Balaban J connectivity index is 1.51. The Morgan fingerprint density at radius 2 is 1.72 bits per heavy atom. The highest BCUT2D eigenvalue weighted by atomic mass is 16.3. The van der Waals surface area contributed by atoms with Gasteiger partial charge >= 0.3 is 0 Å². The maximum atomic E-state index is 11.6.